The van der Waals surface area contributed by atoms with Gasteiger partial charge in [-0.2, -0.15) is 0 Å². The van der Waals surface area contributed by atoms with Crippen LogP contribution in [-0.2, 0) is 8.98 Å². The van der Waals surface area contributed by atoms with Gasteiger partial charge >= 0.3 is 0 Å². The molecule has 1 rings (SSSR count). The summed E-state index contributed by atoms with van der Waals surface area (Å²) in [6.07, 6.45) is 0.944. The molecule has 1 saturated heterocycles. The first kappa shape index (κ1) is 5.12. The molecule has 0 aromatic rings. The molecule has 0 spiro atoms. The van der Waals surface area contributed by atoms with Crippen molar-refractivity contribution in [1.82, 2.24) is 0 Å². The van der Waals surface area contributed by atoms with Crippen molar-refractivity contribution in [3.05, 3.63) is 0 Å². The van der Waals surface area contributed by atoms with Gasteiger partial charge in [0, 0.05) is 5.75 Å². The Morgan fingerprint density at radius 1 is 1.86 bits per heavy atom. The molecule has 1 heterocycles. The molecule has 1 aliphatic heterocycles. The van der Waals surface area contributed by atoms with E-state index >= 15 is 0 Å². The van der Waals surface area contributed by atoms with Crippen molar-refractivity contribution in [3.8, 4) is 0 Å². The van der Waals surface area contributed by atoms with E-state index in [0.29, 0.717) is 6.61 Å². The van der Waals surface area contributed by atoms with E-state index in [1.807, 2.05) is 0 Å². The van der Waals surface area contributed by atoms with Gasteiger partial charge in [0.1, 0.15) is 6.29 Å². The zero-order chi connectivity index (χ0) is 5.11. The molecule has 1 aliphatic rings. The summed E-state index contributed by atoms with van der Waals surface area (Å²) in [6, 6.07) is 0. The van der Waals surface area contributed by atoms with Crippen LogP contribution in [0, 0.1) is 5.92 Å². The lowest BCUT2D eigenvalue weighted by atomic mass is 10.2. The Kier molecular flexibility index (Phi) is 1.70. The number of rotatable bonds is 1. The fourth-order valence-corrected chi connectivity index (χ4v) is 1.11. The van der Waals surface area contributed by atoms with Crippen LogP contribution in [0.1, 0.15) is 0 Å². The molecule has 40 valence electrons. The summed E-state index contributed by atoms with van der Waals surface area (Å²) in [4.78, 5) is 9.91. The van der Waals surface area contributed by atoms with E-state index in [4.69, 9.17) is 4.18 Å². The van der Waals surface area contributed by atoms with Crippen molar-refractivity contribution in [3.63, 3.8) is 0 Å². The molecule has 1 atom stereocenters. The Balaban J connectivity index is 2.26. The predicted octanol–water partition coefficient (Wildman–Crippen LogP) is 0.480. The molecule has 0 bridgehead atoms. The summed E-state index contributed by atoms with van der Waals surface area (Å²) in [6.45, 7) is 0.605. The van der Waals surface area contributed by atoms with Crippen LogP contribution in [0.5, 0.6) is 0 Å². The second-order valence-electron chi connectivity index (χ2n) is 1.47. The standard InChI is InChI=1S/C4H6O2S/c5-1-4-2-6-7-3-4/h1,4H,2-3H2. The van der Waals surface area contributed by atoms with Crippen LogP contribution in [0.2, 0.25) is 0 Å². The summed E-state index contributed by atoms with van der Waals surface area (Å²) in [5.41, 5.74) is 0. The zero-order valence-electron chi connectivity index (χ0n) is 3.79. The van der Waals surface area contributed by atoms with Gasteiger partial charge in [-0.3, -0.25) is 0 Å². The molecule has 1 fully saturated rings. The first-order chi connectivity index (χ1) is 3.43. The maximum absolute atomic E-state index is 9.91. The lowest BCUT2D eigenvalue weighted by Crippen LogP contribution is -2.02. The predicted molar refractivity (Wildman–Crippen MR) is 28.0 cm³/mol. The molecule has 3 heteroatoms. The first-order valence-corrected chi connectivity index (χ1v) is 3.04. The van der Waals surface area contributed by atoms with E-state index < -0.39 is 0 Å². The van der Waals surface area contributed by atoms with Crippen molar-refractivity contribution in [1.29, 1.82) is 0 Å². The molecule has 0 saturated carbocycles. The lowest BCUT2D eigenvalue weighted by Gasteiger charge is -1.86. The third kappa shape index (κ3) is 1.17. The van der Waals surface area contributed by atoms with Crippen molar-refractivity contribution in [2.75, 3.05) is 12.4 Å². The largest absolute Gasteiger partial charge is 0.315 e. The molecule has 0 radical (unpaired) electrons. The van der Waals surface area contributed by atoms with Crippen LogP contribution in [0.15, 0.2) is 0 Å². The quantitative estimate of drug-likeness (QED) is 0.370. The number of hydrogen-bond donors (Lipinski definition) is 0. The van der Waals surface area contributed by atoms with Gasteiger partial charge in [-0.25, -0.2) is 0 Å². The molecule has 2 nitrogen and oxygen atoms in total. The molecular formula is C4H6O2S. The number of hydrogen-bond acceptors (Lipinski definition) is 3. The fraction of sp³-hybridized carbons (Fsp3) is 0.750. The van der Waals surface area contributed by atoms with E-state index in [1.54, 1.807) is 0 Å². The van der Waals surface area contributed by atoms with Crippen molar-refractivity contribution < 1.29 is 8.98 Å². The van der Waals surface area contributed by atoms with E-state index in [0.717, 1.165) is 12.0 Å². The summed E-state index contributed by atoms with van der Waals surface area (Å²) < 4.78 is 4.83. The third-order valence-corrected chi connectivity index (χ3v) is 1.71. The smallest absolute Gasteiger partial charge is 0.126 e. The first-order valence-electron chi connectivity index (χ1n) is 2.13. The average Bonchev–Trinajstić information content (AvgIpc) is 2.14. The van der Waals surface area contributed by atoms with Gasteiger partial charge in [-0.05, 0) is 12.0 Å². The SMILES string of the molecule is O=CC1COSC1. The second-order valence-corrected chi connectivity index (χ2v) is 2.27. The molecule has 1 unspecified atom stereocenters. The summed E-state index contributed by atoms with van der Waals surface area (Å²) >= 11 is 1.38. The number of carbonyl (C=O) groups is 1. The topological polar surface area (TPSA) is 26.3 Å². The number of aldehydes is 1. The third-order valence-electron chi connectivity index (χ3n) is 0.840. The molecule has 0 aromatic heterocycles. The summed E-state index contributed by atoms with van der Waals surface area (Å²) in [5.74, 6) is 0.994. The van der Waals surface area contributed by atoms with Gasteiger partial charge in [0.05, 0.1) is 12.5 Å². The van der Waals surface area contributed by atoms with Gasteiger partial charge in [0.15, 0.2) is 0 Å². The van der Waals surface area contributed by atoms with Gasteiger partial charge in [-0.15, -0.1) is 0 Å². The van der Waals surface area contributed by atoms with Crippen molar-refractivity contribution >= 4 is 18.3 Å². The van der Waals surface area contributed by atoms with Gasteiger partial charge in [-0.1, -0.05) is 0 Å². The molecule has 0 aromatic carbocycles. The average molecular weight is 118 g/mol. The molecule has 7 heavy (non-hydrogen) atoms. The Hall–Kier alpha value is -0.0200. The van der Waals surface area contributed by atoms with Crippen LogP contribution in [0.25, 0.3) is 0 Å². The Bertz CT molecular complexity index is 68.1. The highest BCUT2D eigenvalue weighted by Crippen LogP contribution is 2.17. The molecule has 0 N–H and O–H groups in total. The zero-order valence-corrected chi connectivity index (χ0v) is 4.61. The second kappa shape index (κ2) is 2.33. The van der Waals surface area contributed by atoms with Gasteiger partial charge in [0.2, 0.25) is 0 Å². The van der Waals surface area contributed by atoms with Crippen molar-refractivity contribution in [2.24, 2.45) is 5.92 Å². The maximum atomic E-state index is 9.91. The van der Waals surface area contributed by atoms with Crippen LogP contribution < -0.4 is 0 Å². The van der Waals surface area contributed by atoms with Crippen LogP contribution in [-0.4, -0.2) is 18.6 Å². The summed E-state index contributed by atoms with van der Waals surface area (Å²) in [5, 5.41) is 0. The van der Waals surface area contributed by atoms with E-state index in [9.17, 15) is 4.79 Å². The van der Waals surface area contributed by atoms with Crippen LogP contribution in [0.4, 0.5) is 0 Å². The molecular weight excluding hydrogens is 112 g/mol. The van der Waals surface area contributed by atoms with E-state index in [1.165, 1.54) is 12.0 Å². The van der Waals surface area contributed by atoms with Gasteiger partial charge < -0.3 is 8.98 Å². The molecule has 0 aliphatic carbocycles. The highest BCUT2D eigenvalue weighted by atomic mass is 32.2. The minimum Gasteiger partial charge on any atom is -0.315 e. The van der Waals surface area contributed by atoms with E-state index in [2.05, 4.69) is 0 Å². The number of carbonyl (C=O) groups excluding carboxylic acids is 1. The van der Waals surface area contributed by atoms with Gasteiger partial charge in [0.25, 0.3) is 0 Å². The molecule has 0 amide bonds. The maximum Gasteiger partial charge on any atom is 0.126 e. The highest BCUT2D eigenvalue weighted by Gasteiger charge is 2.14. The lowest BCUT2D eigenvalue weighted by molar-refractivity contribution is -0.110. The Morgan fingerprint density at radius 2 is 2.71 bits per heavy atom. The fourth-order valence-electron chi connectivity index (χ4n) is 0.398. The Labute approximate surface area is 46.4 Å². The van der Waals surface area contributed by atoms with Crippen LogP contribution in [0.3, 0.4) is 0 Å². The normalized spacial score (nSPS) is 30.6. The summed E-state index contributed by atoms with van der Waals surface area (Å²) in [7, 11) is 0. The van der Waals surface area contributed by atoms with E-state index in [-0.39, 0.29) is 5.92 Å². The minimum absolute atomic E-state index is 0.157. The van der Waals surface area contributed by atoms with Crippen molar-refractivity contribution in [2.45, 2.75) is 0 Å². The monoisotopic (exact) mass is 118 g/mol. The minimum atomic E-state index is 0.157. The van der Waals surface area contributed by atoms with Crippen LogP contribution >= 0.6 is 12.0 Å². The Morgan fingerprint density at radius 3 is 3.00 bits per heavy atom. The highest BCUT2D eigenvalue weighted by molar-refractivity contribution is 7.94.